The van der Waals surface area contributed by atoms with Gasteiger partial charge in [0.25, 0.3) is 0 Å². The van der Waals surface area contributed by atoms with Crippen molar-refractivity contribution in [3.05, 3.63) is 29.3 Å². The largest absolute Gasteiger partial charge is 0.385 e. The number of rotatable bonds is 8. The van der Waals surface area contributed by atoms with Crippen molar-refractivity contribution in [2.75, 3.05) is 32.6 Å². The van der Waals surface area contributed by atoms with Gasteiger partial charge in [0.15, 0.2) is 0 Å². The van der Waals surface area contributed by atoms with Gasteiger partial charge in [-0.3, -0.25) is 0 Å². The quantitative estimate of drug-likeness (QED) is 0.586. The number of hydrogen-bond acceptors (Lipinski definition) is 3. The van der Waals surface area contributed by atoms with Crippen LogP contribution >= 0.6 is 35.8 Å². The van der Waals surface area contributed by atoms with Crippen LogP contribution in [0.15, 0.2) is 29.2 Å². The van der Waals surface area contributed by atoms with Crippen LogP contribution in [0.3, 0.4) is 0 Å². The van der Waals surface area contributed by atoms with Crippen molar-refractivity contribution in [3.63, 3.8) is 0 Å². The third kappa shape index (κ3) is 8.75. The lowest BCUT2D eigenvalue weighted by Gasteiger charge is -2.04. The van der Waals surface area contributed by atoms with Gasteiger partial charge >= 0.3 is 0 Å². The Morgan fingerprint density at radius 1 is 1.24 bits per heavy atom. The first-order valence-corrected chi connectivity index (χ1v) is 6.77. The van der Waals surface area contributed by atoms with Gasteiger partial charge in [-0.1, -0.05) is 11.6 Å². The van der Waals surface area contributed by atoms with Crippen LogP contribution in [0.4, 0.5) is 0 Å². The maximum absolute atomic E-state index is 5.81. The second-order valence-corrected chi connectivity index (χ2v) is 5.00. The molecule has 0 aromatic heterocycles. The van der Waals surface area contributed by atoms with Crippen molar-refractivity contribution in [3.8, 4) is 0 Å². The molecule has 0 unspecified atom stereocenters. The lowest BCUT2D eigenvalue weighted by molar-refractivity contribution is 0.194. The highest BCUT2D eigenvalue weighted by atomic mass is 35.5. The topological polar surface area (TPSA) is 21.3 Å². The summed E-state index contributed by atoms with van der Waals surface area (Å²) >= 11 is 7.65. The molecule has 0 saturated heterocycles. The third-order valence-corrected chi connectivity index (χ3v) is 3.33. The smallest absolute Gasteiger partial charge is 0.0474 e. The van der Waals surface area contributed by atoms with Crippen LogP contribution in [0.25, 0.3) is 0 Å². The van der Waals surface area contributed by atoms with Crippen molar-refractivity contribution >= 4 is 35.8 Å². The maximum Gasteiger partial charge on any atom is 0.0474 e. The van der Waals surface area contributed by atoms with Crippen molar-refractivity contribution in [2.24, 2.45) is 0 Å². The first kappa shape index (κ1) is 17.1. The summed E-state index contributed by atoms with van der Waals surface area (Å²) in [5.41, 5.74) is 0. The van der Waals surface area contributed by atoms with Crippen LogP contribution in [0.5, 0.6) is 0 Å². The fourth-order valence-electron chi connectivity index (χ4n) is 1.24. The number of nitrogens with one attached hydrogen (secondary N) is 1. The van der Waals surface area contributed by atoms with Crippen LogP contribution in [0, 0.1) is 0 Å². The molecule has 1 rings (SSSR count). The van der Waals surface area contributed by atoms with Crippen LogP contribution in [0.1, 0.15) is 6.42 Å². The molecular formula is C12H19Cl2NOS. The first-order chi connectivity index (χ1) is 7.83. The van der Waals surface area contributed by atoms with Crippen molar-refractivity contribution < 1.29 is 4.74 Å². The molecule has 5 heteroatoms. The Bertz CT molecular complexity index is 282. The molecule has 0 aliphatic carbocycles. The zero-order valence-electron chi connectivity index (χ0n) is 9.95. The van der Waals surface area contributed by atoms with E-state index in [1.807, 2.05) is 23.9 Å². The summed E-state index contributed by atoms with van der Waals surface area (Å²) in [6, 6.07) is 7.96. The van der Waals surface area contributed by atoms with Gasteiger partial charge < -0.3 is 10.1 Å². The molecule has 0 amide bonds. The summed E-state index contributed by atoms with van der Waals surface area (Å²) in [6.45, 7) is 2.88. The Hall–Kier alpha value is 0.0700. The number of thioether (sulfide) groups is 1. The van der Waals surface area contributed by atoms with Gasteiger partial charge in [-0.05, 0) is 37.2 Å². The number of halogens is 2. The molecule has 0 saturated carbocycles. The number of ether oxygens (including phenoxy) is 1. The zero-order chi connectivity index (χ0) is 11.6. The second-order valence-electron chi connectivity index (χ2n) is 3.40. The summed E-state index contributed by atoms with van der Waals surface area (Å²) in [5, 5.41) is 4.17. The highest BCUT2D eigenvalue weighted by Crippen LogP contribution is 2.19. The minimum Gasteiger partial charge on any atom is -0.385 e. The van der Waals surface area contributed by atoms with Crippen LogP contribution in [0.2, 0.25) is 5.02 Å². The van der Waals surface area contributed by atoms with Crippen LogP contribution in [-0.2, 0) is 4.74 Å². The molecule has 0 aliphatic rings. The molecule has 0 atom stereocenters. The fourth-order valence-corrected chi connectivity index (χ4v) is 2.18. The number of hydrogen-bond donors (Lipinski definition) is 1. The Balaban J connectivity index is 0.00000256. The highest BCUT2D eigenvalue weighted by Gasteiger charge is 1.94. The van der Waals surface area contributed by atoms with Crippen LogP contribution < -0.4 is 5.32 Å². The average Bonchev–Trinajstić information content (AvgIpc) is 2.30. The molecule has 17 heavy (non-hydrogen) atoms. The summed E-state index contributed by atoms with van der Waals surface area (Å²) < 4.78 is 4.97. The third-order valence-electron chi connectivity index (χ3n) is 2.06. The minimum atomic E-state index is 0. The lowest BCUT2D eigenvalue weighted by atomic mass is 10.4. The normalized spacial score (nSPS) is 10.0. The van der Waals surface area contributed by atoms with E-state index in [1.54, 1.807) is 7.11 Å². The SMILES string of the molecule is COCCCNCCSc1ccc(Cl)cc1.Cl. The molecule has 0 fully saturated rings. The molecule has 0 heterocycles. The first-order valence-electron chi connectivity index (χ1n) is 5.41. The Kier molecular flexibility index (Phi) is 11.2. The summed E-state index contributed by atoms with van der Waals surface area (Å²) in [6.07, 6.45) is 1.07. The molecule has 0 bridgehead atoms. The molecule has 1 aromatic carbocycles. The molecule has 1 N–H and O–H groups in total. The lowest BCUT2D eigenvalue weighted by Crippen LogP contribution is -2.19. The highest BCUT2D eigenvalue weighted by molar-refractivity contribution is 7.99. The van der Waals surface area contributed by atoms with Gasteiger partial charge in [0.1, 0.15) is 0 Å². The predicted octanol–water partition coefficient (Wildman–Crippen LogP) is 3.48. The molecule has 0 aliphatic heterocycles. The standard InChI is InChI=1S/C12H18ClNOS.ClH/c1-15-9-2-7-14-8-10-16-12-5-3-11(13)4-6-12;/h3-6,14H,2,7-10H2,1H3;1H. The van der Waals surface area contributed by atoms with Gasteiger partial charge in [0.2, 0.25) is 0 Å². The van der Waals surface area contributed by atoms with E-state index in [0.29, 0.717) is 0 Å². The van der Waals surface area contributed by atoms with Gasteiger partial charge in [-0.2, -0.15) is 0 Å². The van der Waals surface area contributed by atoms with E-state index >= 15 is 0 Å². The van der Waals surface area contributed by atoms with Crippen molar-refractivity contribution in [1.29, 1.82) is 0 Å². The van der Waals surface area contributed by atoms with Gasteiger partial charge in [0, 0.05) is 35.9 Å². The van der Waals surface area contributed by atoms with E-state index in [0.717, 1.165) is 36.9 Å². The van der Waals surface area contributed by atoms with E-state index in [2.05, 4.69) is 17.4 Å². The molecule has 2 nitrogen and oxygen atoms in total. The summed E-state index contributed by atoms with van der Waals surface area (Å²) in [7, 11) is 1.73. The second kappa shape index (κ2) is 11.2. The van der Waals surface area contributed by atoms with E-state index < -0.39 is 0 Å². The predicted molar refractivity (Wildman–Crippen MR) is 78.8 cm³/mol. The van der Waals surface area contributed by atoms with E-state index in [4.69, 9.17) is 16.3 Å². The van der Waals surface area contributed by atoms with Gasteiger partial charge in [0.05, 0.1) is 0 Å². The average molecular weight is 296 g/mol. The maximum atomic E-state index is 5.81. The summed E-state index contributed by atoms with van der Waals surface area (Å²) in [4.78, 5) is 1.27. The van der Waals surface area contributed by atoms with E-state index in [9.17, 15) is 0 Å². The minimum absolute atomic E-state index is 0. The Morgan fingerprint density at radius 2 is 1.94 bits per heavy atom. The zero-order valence-corrected chi connectivity index (χ0v) is 12.3. The summed E-state index contributed by atoms with van der Waals surface area (Å²) in [5.74, 6) is 1.08. The fraction of sp³-hybridized carbons (Fsp3) is 0.500. The van der Waals surface area contributed by atoms with E-state index in [1.165, 1.54) is 4.90 Å². The molecule has 1 aromatic rings. The van der Waals surface area contributed by atoms with Crippen LogP contribution in [-0.4, -0.2) is 32.6 Å². The molecule has 98 valence electrons. The molecular weight excluding hydrogens is 277 g/mol. The Morgan fingerprint density at radius 3 is 2.59 bits per heavy atom. The molecule has 0 radical (unpaired) electrons. The van der Waals surface area contributed by atoms with Gasteiger partial charge in [-0.15, -0.1) is 24.2 Å². The van der Waals surface area contributed by atoms with Crippen molar-refractivity contribution in [2.45, 2.75) is 11.3 Å². The Labute approximate surface area is 119 Å². The monoisotopic (exact) mass is 295 g/mol. The number of benzene rings is 1. The van der Waals surface area contributed by atoms with E-state index in [-0.39, 0.29) is 12.4 Å². The van der Waals surface area contributed by atoms with Gasteiger partial charge in [-0.25, -0.2) is 0 Å². The van der Waals surface area contributed by atoms with Crippen molar-refractivity contribution in [1.82, 2.24) is 5.32 Å². The molecule has 0 spiro atoms. The number of methoxy groups -OCH3 is 1.